The Bertz CT molecular complexity index is 1490. The third kappa shape index (κ3) is 4.78. The first kappa shape index (κ1) is 29.9. The second kappa shape index (κ2) is 11.6. The number of rotatable bonds is 6. The fourth-order valence-electron chi connectivity index (χ4n) is 6.08. The third-order valence-electron chi connectivity index (χ3n) is 8.26. The Morgan fingerprint density at radius 3 is 1.55 bits per heavy atom. The molecule has 4 heteroatoms. The molecule has 0 bridgehead atoms. The summed E-state index contributed by atoms with van der Waals surface area (Å²) in [7, 11) is 0. The van der Waals surface area contributed by atoms with Gasteiger partial charge in [0.15, 0.2) is 0 Å². The molecule has 196 valence electrons. The van der Waals surface area contributed by atoms with Gasteiger partial charge in [0, 0.05) is 0 Å². The van der Waals surface area contributed by atoms with Crippen LogP contribution in [0.2, 0.25) is 0 Å². The van der Waals surface area contributed by atoms with Crippen molar-refractivity contribution in [2.45, 2.75) is 27.7 Å². The Morgan fingerprint density at radius 1 is 0.605 bits per heavy atom. The van der Waals surface area contributed by atoms with Crippen molar-refractivity contribution in [2.75, 3.05) is 0 Å². The van der Waals surface area contributed by atoms with Crippen LogP contribution in [0.5, 0.6) is 5.75 Å². The fraction of sp³-hybridized carbons (Fsp3) is 0.147. The average Bonchev–Trinajstić information content (AvgIpc) is 3.13. The van der Waals surface area contributed by atoms with Gasteiger partial charge in [0.25, 0.3) is 0 Å². The first-order valence-electron chi connectivity index (χ1n) is 12.7. The maximum absolute atomic E-state index is 7.54. The maximum atomic E-state index is 7.54. The van der Waals surface area contributed by atoms with Crippen LogP contribution >= 0.6 is 24.8 Å². The zero-order chi connectivity index (χ0) is 25.4. The van der Waals surface area contributed by atoms with Gasteiger partial charge in [-0.05, 0) is 0 Å². The molecule has 0 N–H and O–H groups in total. The zero-order valence-electron chi connectivity index (χ0n) is 22.5. The first-order chi connectivity index (χ1) is 17.3. The molecule has 4 aromatic carbocycles. The minimum absolute atomic E-state index is 0. The van der Waals surface area contributed by atoms with Crippen LogP contribution in [0.25, 0.3) is 11.1 Å². The van der Waals surface area contributed by atoms with Crippen molar-refractivity contribution < 1.29 is 18.5 Å². The summed E-state index contributed by atoms with van der Waals surface area (Å²) in [6, 6.07) is 40.6. The van der Waals surface area contributed by atoms with E-state index in [0.717, 1.165) is 11.3 Å². The van der Waals surface area contributed by atoms with Gasteiger partial charge in [-0.15, -0.1) is 24.8 Å². The fourth-order valence-corrected chi connectivity index (χ4v) is 15.2. The Morgan fingerprint density at radius 2 is 1.08 bits per heavy atom. The van der Waals surface area contributed by atoms with Crippen molar-refractivity contribution in [1.82, 2.24) is 0 Å². The molecular formula is C34H36Cl2OTi. The van der Waals surface area contributed by atoms with Gasteiger partial charge >= 0.3 is 217 Å². The van der Waals surface area contributed by atoms with Crippen LogP contribution in [0, 0.1) is 5.92 Å². The second-order valence-electron chi connectivity index (χ2n) is 10.2. The Balaban J connectivity index is 0.00000200. The van der Waals surface area contributed by atoms with Crippen LogP contribution in [0.3, 0.4) is 0 Å². The van der Waals surface area contributed by atoms with Crippen LogP contribution in [-0.4, -0.2) is 4.82 Å². The normalized spacial score (nSPS) is 15.6. The summed E-state index contributed by atoms with van der Waals surface area (Å²) in [5.41, 5.74) is 6.43. The molecule has 0 heterocycles. The first-order valence-corrected chi connectivity index (χ1v) is 16.8. The Kier molecular flexibility index (Phi) is 9.12. The van der Waals surface area contributed by atoms with Crippen LogP contribution in [0.15, 0.2) is 136 Å². The van der Waals surface area contributed by atoms with Gasteiger partial charge in [-0.2, -0.15) is 0 Å². The molecule has 4 aromatic rings. The molecule has 1 aliphatic rings. The van der Waals surface area contributed by atoms with E-state index in [1.165, 1.54) is 33.9 Å². The van der Waals surface area contributed by atoms with Gasteiger partial charge in [0.05, 0.1) is 0 Å². The predicted molar refractivity (Wildman–Crippen MR) is 167 cm³/mol. The predicted octanol–water partition coefficient (Wildman–Crippen LogP) is 8.52. The summed E-state index contributed by atoms with van der Waals surface area (Å²) >= 11 is -4.61. The van der Waals surface area contributed by atoms with Gasteiger partial charge in [-0.25, -0.2) is 0 Å². The van der Waals surface area contributed by atoms with E-state index in [1.807, 2.05) is 0 Å². The summed E-state index contributed by atoms with van der Waals surface area (Å²) in [5, 5.41) is 0. The van der Waals surface area contributed by atoms with Crippen molar-refractivity contribution in [1.29, 1.82) is 0 Å². The van der Waals surface area contributed by atoms with Crippen molar-refractivity contribution in [3.8, 4) is 16.9 Å². The minimum atomic E-state index is -4.61. The SMILES string of the molecule is Cl.Cl.[CH2]=[Ti]([O]c1cccc(-c2ccccc2)c1)([C]1=C(C)C(C)=C(C)C1C)([c]1ccccc1)[c]1ccccc1. The van der Waals surface area contributed by atoms with Crippen molar-refractivity contribution >= 4 is 37.4 Å². The molecule has 38 heavy (non-hydrogen) atoms. The van der Waals surface area contributed by atoms with Gasteiger partial charge in [-0.3, -0.25) is 0 Å². The number of hydrogen-bond acceptors (Lipinski definition) is 1. The van der Waals surface area contributed by atoms with E-state index < -0.39 is 15.2 Å². The Hall–Kier alpha value is -2.68. The number of halogens is 2. The van der Waals surface area contributed by atoms with Crippen molar-refractivity contribution in [2.24, 2.45) is 5.92 Å². The van der Waals surface area contributed by atoms with E-state index in [2.05, 4.69) is 143 Å². The quantitative estimate of drug-likeness (QED) is 0.208. The molecule has 0 saturated carbocycles. The molecule has 0 fully saturated rings. The molecule has 0 aliphatic heterocycles. The van der Waals surface area contributed by atoms with E-state index in [-0.39, 0.29) is 30.7 Å². The van der Waals surface area contributed by atoms with E-state index in [4.69, 9.17) is 8.14 Å². The van der Waals surface area contributed by atoms with Gasteiger partial charge < -0.3 is 0 Å². The van der Waals surface area contributed by atoms with Crippen LogP contribution in [0.1, 0.15) is 27.7 Å². The summed E-state index contributed by atoms with van der Waals surface area (Å²) in [4.78, 5) is 5.28. The summed E-state index contributed by atoms with van der Waals surface area (Å²) in [5.74, 6) is 1.13. The molecule has 0 spiro atoms. The third-order valence-corrected chi connectivity index (χ3v) is 17.2. The summed E-state index contributed by atoms with van der Waals surface area (Å²) in [6.45, 7) is 9.10. The van der Waals surface area contributed by atoms with E-state index in [9.17, 15) is 0 Å². The molecule has 1 aliphatic carbocycles. The summed E-state index contributed by atoms with van der Waals surface area (Å²) < 4.78 is 11.3. The standard InChI is InChI=1S/C12H10O.C9H13.2C6H5.CH2.2ClH.Ti/c13-12-8-4-7-11(9-12)10-5-2-1-3-6-10;1-6-5-7(2)9(4)8(6)3;2*1-2-4-6-5-3-1;;;;/h1-9,13H;6H,1-4H3;2*1-5H;1H2;2*1H;/q;;;;;;;+1/p-1. The van der Waals surface area contributed by atoms with Crippen molar-refractivity contribution in [3.63, 3.8) is 0 Å². The average molecular weight is 579 g/mol. The van der Waals surface area contributed by atoms with Crippen LogP contribution < -0.4 is 11.1 Å². The van der Waals surface area contributed by atoms with Crippen molar-refractivity contribution in [3.05, 3.63) is 136 Å². The topological polar surface area (TPSA) is 9.23 Å². The van der Waals surface area contributed by atoms with Gasteiger partial charge in [-0.1, -0.05) is 0 Å². The van der Waals surface area contributed by atoms with Crippen LogP contribution in [-0.2, 0) is 15.2 Å². The Labute approximate surface area is 241 Å². The van der Waals surface area contributed by atoms with Gasteiger partial charge in [0.2, 0.25) is 0 Å². The van der Waals surface area contributed by atoms with Gasteiger partial charge in [0.1, 0.15) is 0 Å². The molecule has 0 amide bonds. The molecule has 5 rings (SSSR count). The molecule has 0 saturated heterocycles. The zero-order valence-corrected chi connectivity index (χ0v) is 25.7. The molecule has 1 atom stereocenters. The summed E-state index contributed by atoms with van der Waals surface area (Å²) in [6.07, 6.45) is 0. The van der Waals surface area contributed by atoms with Crippen LogP contribution in [0.4, 0.5) is 0 Å². The van der Waals surface area contributed by atoms with E-state index in [0.29, 0.717) is 0 Å². The monoisotopic (exact) mass is 578 g/mol. The number of allylic oxidation sites excluding steroid dienone is 4. The van der Waals surface area contributed by atoms with E-state index in [1.54, 1.807) is 0 Å². The molecule has 1 unspecified atom stereocenters. The molecule has 1 nitrogen and oxygen atoms in total. The molecular weight excluding hydrogens is 543 g/mol. The van der Waals surface area contributed by atoms with E-state index >= 15 is 0 Å². The molecule has 0 radical (unpaired) electrons. The molecule has 0 aromatic heterocycles. The number of benzene rings is 4. The number of hydrogen-bond donors (Lipinski definition) is 0. The second-order valence-corrected chi connectivity index (χ2v) is 17.3.